The molecule has 1 aromatic heterocycles. The number of thioether (sulfide) groups is 1. The third kappa shape index (κ3) is 4.22. The first-order valence-corrected chi connectivity index (χ1v) is 8.88. The number of imidazole rings is 1. The van der Waals surface area contributed by atoms with Gasteiger partial charge in [0.15, 0.2) is 5.16 Å². The normalized spacial score (nSPS) is 17.9. The number of aromatic nitrogens is 2. The van der Waals surface area contributed by atoms with Crippen LogP contribution >= 0.6 is 11.8 Å². The molecule has 25 heavy (non-hydrogen) atoms. The number of carbonyl (C=O) groups is 1. The molecule has 1 aromatic carbocycles. The predicted octanol–water partition coefficient (Wildman–Crippen LogP) is 3.57. The topological polar surface area (TPSA) is 101 Å². The molecule has 0 aliphatic carbocycles. The van der Waals surface area contributed by atoms with E-state index in [1.807, 2.05) is 20.8 Å². The number of benzene rings is 1. The van der Waals surface area contributed by atoms with Crippen molar-refractivity contribution in [3.8, 4) is 0 Å². The van der Waals surface area contributed by atoms with Crippen molar-refractivity contribution < 1.29 is 14.5 Å². The van der Waals surface area contributed by atoms with Gasteiger partial charge < -0.3 is 14.6 Å². The van der Waals surface area contributed by atoms with Gasteiger partial charge in [0.25, 0.3) is 5.69 Å². The predicted molar refractivity (Wildman–Crippen MR) is 94.8 cm³/mol. The standard InChI is InChI=1S/C16H20N4O4S/c1-16(2,3)24-15(21)19-7-6-11(9-19)25-14-17-12-5-4-10(20(22)23)8-13(12)18-14/h4-5,8,11H,6-7,9H2,1-3H3,(H,17,18)/t11-/m0/s1. The van der Waals surface area contributed by atoms with Crippen LogP contribution in [0.15, 0.2) is 23.4 Å². The molecule has 1 atom stereocenters. The lowest BCUT2D eigenvalue weighted by Crippen LogP contribution is -2.35. The van der Waals surface area contributed by atoms with Gasteiger partial charge in [0.2, 0.25) is 0 Å². The van der Waals surface area contributed by atoms with Gasteiger partial charge in [0, 0.05) is 30.5 Å². The zero-order valence-electron chi connectivity index (χ0n) is 14.3. The first kappa shape index (κ1) is 17.5. The molecule has 2 heterocycles. The molecule has 1 N–H and O–H groups in total. The molecule has 0 radical (unpaired) electrons. The fraction of sp³-hybridized carbons (Fsp3) is 0.500. The third-order valence-electron chi connectivity index (χ3n) is 3.73. The zero-order chi connectivity index (χ0) is 18.2. The average molecular weight is 364 g/mol. The number of rotatable bonds is 3. The van der Waals surface area contributed by atoms with Crippen LogP contribution in [0, 0.1) is 10.1 Å². The molecular weight excluding hydrogens is 344 g/mol. The van der Waals surface area contributed by atoms with Gasteiger partial charge >= 0.3 is 6.09 Å². The molecule has 0 spiro atoms. The number of ether oxygens (including phenoxy) is 1. The van der Waals surface area contributed by atoms with Crippen LogP contribution in [0.3, 0.4) is 0 Å². The maximum atomic E-state index is 12.1. The Bertz CT molecular complexity index is 814. The highest BCUT2D eigenvalue weighted by Gasteiger charge is 2.30. The molecular formula is C16H20N4O4S. The number of hydrogen-bond acceptors (Lipinski definition) is 6. The van der Waals surface area contributed by atoms with Crippen molar-refractivity contribution in [1.29, 1.82) is 0 Å². The Balaban J connectivity index is 1.64. The minimum absolute atomic E-state index is 0.0321. The largest absolute Gasteiger partial charge is 0.444 e. The minimum Gasteiger partial charge on any atom is -0.444 e. The summed E-state index contributed by atoms with van der Waals surface area (Å²) in [6, 6.07) is 4.56. The smallest absolute Gasteiger partial charge is 0.410 e. The van der Waals surface area contributed by atoms with Crippen molar-refractivity contribution in [3.63, 3.8) is 0 Å². The lowest BCUT2D eigenvalue weighted by Gasteiger charge is -2.24. The first-order valence-electron chi connectivity index (χ1n) is 8.00. The number of nitro benzene ring substituents is 1. The summed E-state index contributed by atoms with van der Waals surface area (Å²) in [6.45, 7) is 6.79. The maximum Gasteiger partial charge on any atom is 0.410 e. The Morgan fingerprint density at radius 3 is 2.92 bits per heavy atom. The molecule has 3 rings (SSSR count). The molecule has 1 fully saturated rings. The van der Waals surface area contributed by atoms with Crippen molar-refractivity contribution in [3.05, 3.63) is 28.3 Å². The number of non-ortho nitro benzene ring substituents is 1. The Morgan fingerprint density at radius 1 is 1.48 bits per heavy atom. The summed E-state index contributed by atoms with van der Waals surface area (Å²) < 4.78 is 5.39. The van der Waals surface area contributed by atoms with E-state index in [4.69, 9.17) is 4.74 Å². The number of nitrogens with zero attached hydrogens (tertiary/aromatic N) is 3. The molecule has 1 saturated heterocycles. The van der Waals surface area contributed by atoms with Crippen LogP contribution in [0.25, 0.3) is 11.0 Å². The van der Waals surface area contributed by atoms with Crippen molar-refractivity contribution in [2.24, 2.45) is 0 Å². The quantitative estimate of drug-likeness (QED) is 0.660. The Labute approximate surface area is 149 Å². The minimum atomic E-state index is -0.504. The molecule has 0 unspecified atom stereocenters. The summed E-state index contributed by atoms with van der Waals surface area (Å²) in [5.74, 6) is 0. The number of fused-ring (bicyclic) bond motifs is 1. The van der Waals surface area contributed by atoms with Gasteiger partial charge in [0.05, 0.1) is 16.0 Å². The average Bonchev–Trinajstić information content (AvgIpc) is 3.11. The number of nitrogens with one attached hydrogen (secondary N) is 1. The fourth-order valence-corrected chi connectivity index (χ4v) is 3.73. The Morgan fingerprint density at radius 2 is 2.24 bits per heavy atom. The van der Waals surface area contributed by atoms with E-state index in [2.05, 4.69) is 9.97 Å². The van der Waals surface area contributed by atoms with E-state index in [0.717, 1.165) is 6.42 Å². The van der Waals surface area contributed by atoms with Crippen LogP contribution in [-0.2, 0) is 4.74 Å². The van der Waals surface area contributed by atoms with E-state index < -0.39 is 10.5 Å². The molecule has 1 aliphatic rings. The molecule has 8 nitrogen and oxygen atoms in total. The second kappa shape index (κ2) is 6.55. The summed E-state index contributed by atoms with van der Waals surface area (Å²) >= 11 is 1.54. The Hall–Kier alpha value is -2.29. The molecule has 9 heteroatoms. The van der Waals surface area contributed by atoms with Gasteiger partial charge in [-0.3, -0.25) is 10.1 Å². The summed E-state index contributed by atoms with van der Waals surface area (Å²) in [7, 11) is 0. The van der Waals surface area contributed by atoms with Crippen molar-refractivity contribution in [2.75, 3.05) is 13.1 Å². The number of aromatic amines is 1. The van der Waals surface area contributed by atoms with E-state index in [9.17, 15) is 14.9 Å². The van der Waals surface area contributed by atoms with Crippen LogP contribution in [0.2, 0.25) is 0 Å². The second-order valence-electron chi connectivity index (χ2n) is 6.96. The van der Waals surface area contributed by atoms with E-state index >= 15 is 0 Å². The fourth-order valence-electron chi connectivity index (χ4n) is 2.62. The number of amides is 1. The lowest BCUT2D eigenvalue weighted by atomic mass is 10.2. The van der Waals surface area contributed by atoms with Crippen molar-refractivity contribution in [1.82, 2.24) is 14.9 Å². The van der Waals surface area contributed by atoms with Crippen LogP contribution in [0.5, 0.6) is 0 Å². The first-order chi connectivity index (χ1) is 11.7. The third-order valence-corrected chi connectivity index (χ3v) is 4.86. The Kier molecular flexibility index (Phi) is 4.59. The summed E-state index contributed by atoms with van der Waals surface area (Å²) in [5, 5.41) is 11.8. The van der Waals surface area contributed by atoms with E-state index in [-0.39, 0.29) is 17.0 Å². The molecule has 1 amide bonds. The van der Waals surface area contributed by atoms with Crippen LogP contribution in [-0.4, -0.2) is 49.8 Å². The number of carbonyl (C=O) groups excluding carboxylic acids is 1. The number of likely N-dealkylation sites (tertiary alicyclic amines) is 1. The van der Waals surface area contributed by atoms with Gasteiger partial charge in [-0.25, -0.2) is 9.78 Å². The van der Waals surface area contributed by atoms with Gasteiger partial charge in [-0.1, -0.05) is 11.8 Å². The molecule has 2 aromatic rings. The molecule has 0 saturated carbocycles. The summed E-state index contributed by atoms with van der Waals surface area (Å²) in [5.41, 5.74) is 0.855. The maximum absolute atomic E-state index is 12.1. The van der Waals surface area contributed by atoms with E-state index in [0.29, 0.717) is 29.3 Å². The summed E-state index contributed by atoms with van der Waals surface area (Å²) in [6.07, 6.45) is 0.553. The monoisotopic (exact) mass is 364 g/mol. The van der Waals surface area contributed by atoms with E-state index in [1.54, 1.807) is 22.7 Å². The highest BCUT2D eigenvalue weighted by Crippen LogP contribution is 2.30. The van der Waals surface area contributed by atoms with Crippen LogP contribution < -0.4 is 0 Å². The second-order valence-corrected chi connectivity index (χ2v) is 8.24. The van der Waals surface area contributed by atoms with E-state index in [1.165, 1.54) is 12.1 Å². The van der Waals surface area contributed by atoms with Gasteiger partial charge in [0.1, 0.15) is 5.60 Å². The van der Waals surface area contributed by atoms with Crippen LogP contribution in [0.1, 0.15) is 27.2 Å². The number of nitro groups is 1. The number of H-pyrrole nitrogens is 1. The summed E-state index contributed by atoms with van der Waals surface area (Å²) in [4.78, 5) is 31.8. The lowest BCUT2D eigenvalue weighted by molar-refractivity contribution is -0.384. The van der Waals surface area contributed by atoms with Crippen molar-refractivity contribution >= 4 is 34.6 Å². The zero-order valence-corrected chi connectivity index (χ0v) is 15.1. The van der Waals surface area contributed by atoms with Crippen LogP contribution in [0.4, 0.5) is 10.5 Å². The van der Waals surface area contributed by atoms with Gasteiger partial charge in [-0.2, -0.15) is 0 Å². The molecule has 134 valence electrons. The number of hydrogen-bond donors (Lipinski definition) is 1. The molecule has 1 aliphatic heterocycles. The SMILES string of the molecule is CC(C)(C)OC(=O)N1CC[C@H](Sc2nc3ccc([N+](=O)[O-])cc3[nH]2)C1. The molecule has 0 bridgehead atoms. The highest BCUT2D eigenvalue weighted by molar-refractivity contribution is 7.99. The highest BCUT2D eigenvalue weighted by atomic mass is 32.2. The van der Waals surface area contributed by atoms with Gasteiger partial charge in [-0.15, -0.1) is 0 Å². The van der Waals surface area contributed by atoms with Gasteiger partial charge in [-0.05, 0) is 33.3 Å². The van der Waals surface area contributed by atoms with Crippen molar-refractivity contribution in [2.45, 2.75) is 43.2 Å².